The van der Waals surface area contributed by atoms with Gasteiger partial charge in [-0.2, -0.15) is 0 Å². The Morgan fingerprint density at radius 1 is 1.08 bits per heavy atom. The van der Waals surface area contributed by atoms with Gasteiger partial charge in [0.15, 0.2) is 0 Å². The van der Waals surface area contributed by atoms with Gasteiger partial charge in [-0.1, -0.05) is 17.7 Å². The van der Waals surface area contributed by atoms with Crippen molar-refractivity contribution in [2.75, 3.05) is 23.4 Å². The Morgan fingerprint density at radius 2 is 1.71 bits per heavy atom. The summed E-state index contributed by atoms with van der Waals surface area (Å²) in [6, 6.07) is 11.0. The average molecular weight is 324 g/mol. The number of hydrogen-bond donors (Lipinski definition) is 1. The van der Waals surface area contributed by atoms with Gasteiger partial charge < -0.3 is 10.1 Å². The number of cyclic esters (lactones) is 1. The van der Waals surface area contributed by atoms with E-state index in [1.807, 2.05) is 32.9 Å². The molecule has 5 heteroatoms. The Bertz CT molecular complexity index is 774. The number of benzene rings is 2. The van der Waals surface area contributed by atoms with E-state index in [-0.39, 0.29) is 12.0 Å². The van der Waals surface area contributed by atoms with Crippen LogP contribution in [-0.4, -0.2) is 25.2 Å². The zero-order valence-corrected chi connectivity index (χ0v) is 14.1. The van der Waals surface area contributed by atoms with E-state index >= 15 is 0 Å². The van der Waals surface area contributed by atoms with Gasteiger partial charge in [-0.05, 0) is 56.2 Å². The smallest absolute Gasteiger partial charge is 0.414 e. The molecule has 1 fully saturated rings. The molecule has 0 unspecified atom stereocenters. The van der Waals surface area contributed by atoms with Gasteiger partial charge in [0.25, 0.3) is 5.91 Å². The summed E-state index contributed by atoms with van der Waals surface area (Å²) in [6.45, 7) is 6.93. The summed E-state index contributed by atoms with van der Waals surface area (Å²) in [5, 5.41) is 2.98. The Hall–Kier alpha value is -2.82. The second kappa shape index (κ2) is 6.35. The van der Waals surface area contributed by atoms with Gasteiger partial charge in [0.05, 0.1) is 6.54 Å². The van der Waals surface area contributed by atoms with Crippen LogP contribution in [0.2, 0.25) is 0 Å². The third kappa shape index (κ3) is 3.11. The molecule has 2 amide bonds. The summed E-state index contributed by atoms with van der Waals surface area (Å²) in [7, 11) is 0. The van der Waals surface area contributed by atoms with E-state index in [0.717, 1.165) is 22.5 Å². The first-order valence-corrected chi connectivity index (χ1v) is 7.89. The van der Waals surface area contributed by atoms with Crippen LogP contribution in [-0.2, 0) is 4.74 Å². The first-order valence-electron chi connectivity index (χ1n) is 7.89. The Morgan fingerprint density at radius 3 is 2.25 bits per heavy atom. The minimum absolute atomic E-state index is 0.166. The van der Waals surface area contributed by atoms with Crippen molar-refractivity contribution in [3.05, 3.63) is 58.7 Å². The Kier molecular flexibility index (Phi) is 4.25. The quantitative estimate of drug-likeness (QED) is 0.933. The van der Waals surface area contributed by atoms with E-state index in [1.54, 1.807) is 29.2 Å². The predicted octanol–water partition coefficient (Wildman–Crippen LogP) is 3.82. The number of rotatable bonds is 3. The average Bonchev–Trinajstić information content (AvgIpc) is 2.97. The molecule has 0 aliphatic carbocycles. The lowest BCUT2D eigenvalue weighted by atomic mass is 10.0. The molecule has 1 aliphatic rings. The fourth-order valence-corrected chi connectivity index (χ4v) is 2.98. The number of ether oxygens (including phenoxy) is 1. The number of anilines is 2. The van der Waals surface area contributed by atoms with E-state index in [9.17, 15) is 9.59 Å². The molecule has 0 spiro atoms. The highest BCUT2D eigenvalue weighted by atomic mass is 16.6. The molecule has 0 atom stereocenters. The van der Waals surface area contributed by atoms with Crippen molar-refractivity contribution >= 4 is 23.4 Å². The maximum absolute atomic E-state index is 12.5. The molecule has 0 bridgehead atoms. The van der Waals surface area contributed by atoms with Gasteiger partial charge in [-0.25, -0.2) is 4.79 Å². The van der Waals surface area contributed by atoms with Gasteiger partial charge in [-0.3, -0.25) is 9.69 Å². The van der Waals surface area contributed by atoms with Crippen molar-refractivity contribution in [2.45, 2.75) is 20.8 Å². The zero-order valence-electron chi connectivity index (χ0n) is 14.1. The number of aryl methyl sites for hydroxylation is 3. The minimum atomic E-state index is -0.349. The molecular weight excluding hydrogens is 304 g/mol. The fourth-order valence-electron chi connectivity index (χ4n) is 2.98. The highest BCUT2D eigenvalue weighted by Gasteiger charge is 2.23. The number of carbonyl (C=O) groups excluding carboxylic acids is 2. The first-order chi connectivity index (χ1) is 11.5. The van der Waals surface area contributed by atoms with Gasteiger partial charge >= 0.3 is 6.09 Å². The Balaban J connectivity index is 1.77. The van der Waals surface area contributed by atoms with Crippen LogP contribution >= 0.6 is 0 Å². The largest absolute Gasteiger partial charge is 0.447 e. The molecule has 0 saturated carbocycles. The van der Waals surface area contributed by atoms with Gasteiger partial charge in [0.1, 0.15) is 6.61 Å². The molecule has 1 saturated heterocycles. The third-order valence-corrected chi connectivity index (χ3v) is 4.12. The normalized spacial score (nSPS) is 13.8. The lowest BCUT2D eigenvalue weighted by molar-refractivity contribution is 0.102. The van der Waals surface area contributed by atoms with E-state index < -0.39 is 0 Å². The third-order valence-electron chi connectivity index (χ3n) is 4.12. The second-order valence-corrected chi connectivity index (χ2v) is 6.04. The summed E-state index contributed by atoms with van der Waals surface area (Å²) in [5.74, 6) is -0.166. The number of nitrogens with zero attached hydrogens (tertiary/aromatic N) is 1. The predicted molar refractivity (Wildman–Crippen MR) is 93.7 cm³/mol. The van der Waals surface area contributed by atoms with Crippen LogP contribution in [0, 0.1) is 20.8 Å². The molecule has 5 nitrogen and oxygen atoms in total. The topological polar surface area (TPSA) is 58.6 Å². The fraction of sp³-hybridized carbons (Fsp3) is 0.263. The number of nitrogens with one attached hydrogen (secondary N) is 1. The molecule has 0 radical (unpaired) electrons. The molecule has 1 N–H and O–H groups in total. The highest BCUT2D eigenvalue weighted by molar-refractivity contribution is 6.05. The van der Waals surface area contributed by atoms with E-state index in [0.29, 0.717) is 18.7 Å². The zero-order chi connectivity index (χ0) is 17.3. The van der Waals surface area contributed by atoms with E-state index in [1.165, 1.54) is 5.56 Å². The van der Waals surface area contributed by atoms with E-state index in [4.69, 9.17) is 4.74 Å². The van der Waals surface area contributed by atoms with Crippen LogP contribution in [0.5, 0.6) is 0 Å². The summed E-state index contributed by atoms with van der Waals surface area (Å²) < 4.78 is 4.92. The number of hydrogen-bond acceptors (Lipinski definition) is 3. The summed E-state index contributed by atoms with van der Waals surface area (Å²) in [6.07, 6.45) is -0.349. The maximum atomic E-state index is 12.5. The van der Waals surface area contributed by atoms with Crippen LogP contribution in [0.25, 0.3) is 0 Å². The van der Waals surface area contributed by atoms with Crippen LogP contribution in [0.1, 0.15) is 27.0 Å². The van der Waals surface area contributed by atoms with Crippen LogP contribution < -0.4 is 10.2 Å². The first kappa shape index (κ1) is 16.1. The molecule has 2 aromatic rings. The van der Waals surface area contributed by atoms with Crippen molar-refractivity contribution < 1.29 is 14.3 Å². The molecular formula is C19H20N2O3. The Labute approximate surface area is 141 Å². The molecule has 3 rings (SSSR count). The lowest BCUT2D eigenvalue weighted by Gasteiger charge is -2.14. The van der Waals surface area contributed by atoms with Crippen LogP contribution in [0.4, 0.5) is 16.2 Å². The van der Waals surface area contributed by atoms with Crippen LogP contribution in [0.15, 0.2) is 36.4 Å². The molecule has 124 valence electrons. The standard InChI is InChI=1S/C19H20N2O3/c1-12-10-13(2)17(14(3)11-12)20-18(22)15-4-6-16(7-5-15)21-8-9-24-19(21)23/h4-7,10-11H,8-9H2,1-3H3,(H,20,22). The van der Waals surface area contributed by atoms with Crippen molar-refractivity contribution in [2.24, 2.45) is 0 Å². The van der Waals surface area contributed by atoms with Crippen molar-refractivity contribution in [3.8, 4) is 0 Å². The molecule has 1 heterocycles. The van der Waals surface area contributed by atoms with Gasteiger partial charge in [0, 0.05) is 16.9 Å². The van der Waals surface area contributed by atoms with Crippen molar-refractivity contribution in [1.29, 1.82) is 0 Å². The van der Waals surface area contributed by atoms with Gasteiger partial charge in [0.2, 0.25) is 0 Å². The van der Waals surface area contributed by atoms with Crippen molar-refractivity contribution in [1.82, 2.24) is 0 Å². The molecule has 2 aromatic carbocycles. The molecule has 1 aliphatic heterocycles. The van der Waals surface area contributed by atoms with Crippen molar-refractivity contribution in [3.63, 3.8) is 0 Å². The van der Waals surface area contributed by atoms with Gasteiger partial charge in [-0.15, -0.1) is 0 Å². The number of amides is 2. The lowest BCUT2D eigenvalue weighted by Crippen LogP contribution is -2.23. The van der Waals surface area contributed by atoms with E-state index in [2.05, 4.69) is 5.32 Å². The molecule has 0 aromatic heterocycles. The summed E-state index contributed by atoms with van der Waals surface area (Å²) in [4.78, 5) is 25.6. The number of carbonyl (C=O) groups is 2. The summed E-state index contributed by atoms with van der Waals surface area (Å²) >= 11 is 0. The minimum Gasteiger partial charge on any atom is -0.447 e. The highest BCUT2D eigenvalue weighted by Crippen LogP contribution is 2.24. The summed E-state index contributed by atoms with van der Waals surface area (Å²) in [5.41, 5.74) is 5.37. The molecule has 24 heavy (non-hydrogen) atoms. The maximum Gasteiger partial charge on any atom is 0.414 e. The second-order valence-electron chi connectivity index (χ2n) is 6.04. The monoisotopic (exact) mass is 324 g/mol. The van der Waals surface area contributed by atoms with Crippen LogP contribution in [0.3, 0.4) is 0 Å². The SMILES string of the molecule is Cc1cc(C)c(NC(=O)c2ccc(N3CCOC3=O)cc2)c(C)c1.